The van der Waals surface area contributed by atoms with Crippen molar-refractivity contribution in [3.05, 3.63) is 40.6 Å². The first-order valence-corrected chi connectivity index (χ1v) is 5.03. The number of rotatable bonds is 1. The molecule has 0 bridgehead atoms. The zero-order valence-corrected chi connectivity index (χ0v) is 9.38. The van der Waals surface area contributed by atoms with E-state index in [1.54, 1.807) is 18.6 Å². The normalized spacial score (nSPS) is 9.75. The Kier molecular flexibility index (Phi) is 2.75. The van der Waals surface area contributed by atoms with Crippen molar-refractivity contribution >= 4 is 12.2 Å². The molecule has 0 aromatic carbocycles. The van der Waals surface area contributed by atoms with Crippen LogP contribution in [0.3, 0.4) is 0 Å². The van der Waals surface area contributed by atoms with Gasteiger partial charge in [-0.1, -0.05) is 12.2 Å². The molecule has 0 radical (unpaired) electrons. The number of aromatic nitrogens is 3. The monoisotopic (exact) mass is 228 g/mol. The molecule has 2 aromatic rings. The summed E-state index contributed by atoms with van der Waals surface area (Å²) in [6.45, 7) is 1.89. The summed E-state index contributed by atoms with van der Waals surface area (Å²) in [4.78, 5) is 11.0. The first-order valence-electron chi connectivity index (χ1n) is 4.62. The first-order chi connectivity index (χ1) is 7.72. The average Bonchev–Trinajstić information content (AvgIpc) is 2.33. The second-order valence-electron chi connectivity index (χ2n) is 3.28. The van der Waals surface area contributed by atoms with E-state index < -0.39 is 0 Å². The Morgan fingerprint density at radius 2 is 2.25 bits per heavy atom. The summed E-state index contributed by atoms with van der Waals surface area (Å²) in [5.74, 6) is 0. The lowest BCUT2D eigenvalue weighted by molar-refractivity contribution is 1.11. The van der Waals surface area contributed by atoms with Crippen molar-refractivity contribution in [2.24, 2.45) is 0 Å². The van der Waals surface area contributed by atoms with Gasteiger partial charge in [-0.3, -0.25) is 4.98 Å². The number of pyridine rings is 1. The standard InChI is InChI=1S/C11H8N4S/c1-7-10(14-6-15-11(7)16)9-2-8(3-12)4-13-5-9/h2,4-6H,1H3,(H,14,15,16). The molecule has 0 saturated heterocycles. The number of hydrogen-bond acceptors (Lipinski definition) is 4. The quantitative estimate of drug-likeness (QED) is 0.761. The summed E-state index contributed by atoms with van der Waals surface area (Å²) >= 11 is 5.09. The van der Waals surface area contributed by atoms with Crippen molar-refractivity contribution in [1.29, 1.82) is 5.26 Å². The Hall–Kier alpha value is -2.06. The molecule has 0 saturated carbocycles. The summed E-state index contributed by atoms with van der Waals surface area (Å²) < 4.78 is 0.552. The molecule has 2 rings (SSSR count). The lowest BCUT2D eigenvalue weighted by atomic mass is 10.1. The highest BCUT2D eigenvalue weighted by molar-refractivity contribution is 7.71. The third-order valence-corrected chi connectivity index (χ3v) is 2.65. The summed E-state index contributed by atoms with van der Waals surface area (Å²) in [6.07, 6.45) is 4.76. The maximum absolute atomic E-state index is 8.80. The van der Waals surface area contributed by atoms with E-state index in [4.69, 9.17) is 17.5 Å². The van der Waals surface area contributed by atoms with E-state index in [2.05, 4.69) is 21.0 Å². The van der Waals surface area contributed by atoms with Gasteiger partial charge in [0.05, 0.1) is 17.6 Å². The lowest BCUT2D eigenvalue weighted by Crippen LogP contribution is -1.92. The topological polar surface area (TPSA) is 65.4 Å². The Morgan fingerprint density at radius 1 is 1.44 bits per heavy atom. The average molecular weight is 228 g/mol. The van der Waals surface area contributed by atoms with Gasteiger partial charge in [-0.25, -0.2) is 4.98 Å². The third-order valence-electron chi connectivity index (χ3n) is 2.24. The van der Waals surface area contributed by atoms with E-state index >= 15 is 0 Å². The summed E-state index contributed by atoms with van der Waals surface area (Å²) in [5.41, 5.74) is 3.09. The van der Waals surface area contributed by atoms with Crippen LogP contribution in [0.25, 0.3) is 11.3 Å². The Morgan fingerprint density at radius 3 is 3.00 bits per heavy atom. The second-order valence-corrected chi connectivity index (χ2v) is 3.67. The maximum atomic E-state index is 8.80. The van der Waals surface area contributed by atoms with E-state index in [1.807, 2.05) is 6.92 Å². The predicted molar refractivity (Wildman–Crippen MR) is 62.1 cm³/mol. The minimum atomic E-state index is 0.521. The van der Waals surface area contributed by atoms with Crippen molar-refractivity contribution in [2.75, 3.05) is 0 Å². The van der Waals surface area contributed by atoms with Crippen LogP contribution in [0.2, 0.25) is 0 Å². The molecule has 2 aromatic heterocycles. The number of nitrogens with zero attached hydrogens (tertiary/aromatic N) is 3. The van der Waals surface area contributed by atoms with Crippen LogP contribution in [0.5, 0.6) is 0 Å². The number of aromatic amines is 1. The fourth-order valence-corrected chi connectivity index (χ4v) is 1.56. The molecule has 0 amide bonds. The largest absolute Gasteiger partial charge is 0.345 e. The Bertz CT molecular complexity index is 624. The molecule has 0 unspecified atom stereocenters. The number of H-pyrrole nitrogens is 1. The molecular formula is C11H8N4S. The van der Waals surface area contributed by atoms with E-state index in [-0.39, 0.29) is 0 Å². The molecule has 0 spiro atoms. The minimum Gasteiger partial charge on any atom is -0.345 e. The van der Waals surface area contributed by atoms with Crippen LogP contribution >= 0.6 is 12.2 Å². The molecule has 0 aliphatic carbocycles. The van der Waals surface area contributed by atoms with Gasteiger partial charge in [0.2, 0.25) is 0 Å². The zero-order chi connectivity index (χ0) is 11.5. The van der Waals surface area contributed by atoms with E-state index in [1.165, 1.54) is 6.20 Å². The lowest BCUT2D eigenvalue weighted by Gasteiger charge is -2.04. The number of nitrogens with one attached hydrogen (secondary N) is 1. The van der Waals surface area contributed by atoms with Crippen molar-refractivity contribution in [1.82, 2.24) is 15.0 Å². The number of nitriles is 1. The molecule has 2 heterocycles. The molecule has 5 heteroatoms. The van der Waals surface area contributed by atoms with Gasteiger partial charge < -0.3 is 4.98 Å². The van der Waals surface area contributed by atoms with E-state index in [0.29, 0.717) is 10.2 Å². The smallest absolute Gasteiger partial charge is 0.132 e. The van der Waals surface area contributed by atoms with E-state index in [0.717, 1.165) is 16.8 Å². The van der Waals surface area contributed by atoms with Gasteiger partial charge in [0, 0.05) is 23.5 Å². The summed E-state index contributed by atoms with van der Waals surface area (Å²) in [6, 6.07) is 3.82. The third kappa shape index (κ3) is 1.83. The maximum Gasteiger partial charge on any atom is 0.132 e. The summed E-state index contributed by atoms with van der Waals surface area (Å²) in [5, 5.41) is 8.80. The zero-order valence-electron chi connectivity index (χ0n) is 8.56. The van der Waals surface area contributed by atoms with Crippen LogP contribution in [0, 0.1) is 22.9 Å². The van der Waals surface area contributed by atoms with Gasteiger partial charge in [-0.2, -0.15) is 5.26 Å². The van der Waals surface area contributed by atoms with Crippen molar-refractivity contribution in [3.63, 3.8) is 0 Å². The van der Waals surface area contributed by atoms with Gasteiger partial charge in [0.15, 0.2) is 0 Å². The highest BCUT2D eigenvalue weighted by Gasteiger charge is 2.05. The Labute approximate surface area is 97.6 Å². The Balaban J connectivity index is 2.64. The highest BCUT2D eigenvalue weighted by Crippen LogP contribution is 2.20. The van der Waals surface area contributed by atoms with Crippen LogP contribution in [-0.2, 0) is 0 Å². The molecule has 1 N–H and O–H groups in total. The van der Waals surface area contributed by atoms with Crippen molar-refractivity contribution in [2.45, 2.75) is 6.92 Å². The van der Waals surface area contributed by atoms with Crippen LogP contribution in [0.4, 0.5) is 0 Å². The van der Waals surface area contributed by atoms with Gasteiger partial charge in [-0.05, 0) is 13.0 Å². The first kappa shape index (κ1) is 10.5. The minimum absolute atomic E-state index is 0.521. The second kappa shape index (κ2) is 4.21. The van der Waals surface area contributed by atoms with Gasteiger partial charge in [0.1, 0.15) is 10.7 Å². The molecule has 4 nitrogen and oxygen atoms in total. The van der Waals surface area contributed by atoms with Gasteiger partial charge in [-0.15, -0.1) is 0 Å². The molecule has 0 fully saturated rings. The fraction of sp³-hybridized carbons (Fsp3) is 0.0909. The van der Waals surface area contributed by atoms with Crippen LogP contribution in [0.1, 0.15) is 11.1 Å². The fourth-order valence-electron chi connectivity index (χ4n) is 1.41. The van der Waals surface area contributed by atoms with Crippen molar-refractivity contribution < 1.29 is 0 Å². The molecule has 78 valence electrons. The number of hydrogen-bond donors (Lipinski definition) is 1. The SMILES string of the molecule is Cc1c(-c2cncc(C#N)c2)[nH]cnc1=S. The molecule has 0 aliphatic rings. The highest BCUT2D eigenvalue weighted by atomic mass is 32.1. The van der Waals surface area contributed by atoms with Gasteiger partial charge >= 0.3 is 0 Å². The van der Waals surface area contributed by atoms with Crippen LogP contribution < -0.4 is 0 Å². The molecular weight excluding hydrogens is 220 g/mol. The predicted octanol–water partition coefficient (Wildman–Crippen LogP) is 2.38. The molecule has 0 atom stereocenters. The van der Waals surface area contributed by atoms with Gasteiger partial charge in [0.25, 0.3) is 0 Å². The molecule has 0 aliphatic heterocycles. The van der Waals surface area contributed by atoms with E-state index in [9.17, 15) is 0 Å². The van der Waals surface area contributed by atoms with Crippen LogP contribution in [0.15, 0.2) is 24.8 Å². The van der Waals surface area contributed by atoms with Crippen LogP contribution in [-0.4, -0.2) is 15.0 Å². The summed E-state index contributed by atoms with van der Waals surface area (Å²) in [7, 11) is 0. The van der Waals surface area contributed by atoms with Crippen molar-refractivity contribution in [3.8, 4) is 17.3 Å². The molecule has 16 heavy (non-hydrogen) atoms.